The van der Waals surface area contributed by atoms with E-state index in [0.717, 1.165) is 0 Å². The summed E-state index contributed by atoms with van der Waals surface area (Å²) >= 11 is 0. The summed E-state index contributed by atoms with van der Waals surface area (Å²) in [6, 6.07) is 0. The van der Waals surface area contributed by atoms with Crippen LogP contribution in [0.2, 0.25) is 0 Å². The average Bonchev–Trinajstić information content (AvgIpc) is 2.65. The van der Waals surface area contributed by atoms with Crippen molar-refractivity contribution >= 4 is 5.78 Å². The minimum absolute atomic E-state index is 0.0137. The zero-order chi connectivity index (χ0) is 13.4. The summed E-state index contributed by atoms with van der Waals surface area (Å²) in [5, 5.41) is 10.1. The van der Waals surface area contributed by atoms with E-state index in [2.05, 4.69) is 0 Å². The highest BCUT2D eigenvalue weighted by molar-refractivity contribution is 5.81. The Bertz CT molecular complexity index is 332. The number of Topliss-reactive ketones (excluding diaryl/α,β-unsaturated/α-hetero) is 1. The van der Waals surface area contributed by atoms with Crippen molar-refractivity contribution < 1.29 is 23.4 Å². The van der Waals surface area contributed by atoms with Crippen molar-refractivity contribution in [3.8, 4) is 0 Å². The molecule has 3 atom stereocenters. The number of alkyl halides is 2. The second kappa shape index (κ2) is 4.85. The van der Waals surface area contributed by atoms with E-state index in [1.807, 2.05) is 6.92 Å². The molecule has 1 N–H and O–H groups in total. The quantitative estimate of drug-likeness (QED) is 0.847. The third-order valence-corrected chi connectivity index (χ3v) is 4.06. The highest BCUT2D eigenvalue weighted by Crippen LogP contribution is 2.46. The standard InChI is InChI=1S/C13H20F2O3/c1-2-3-5-12(14,15)13(17)6-4-9-7-10(16)8-11(9)18-13/h9,11,17H,2-8H2,1H3/t9?,11?,13-/m1/s1. The van der Waals surface area contributed by atoms with E-state index in [1.165, 1.54) is 0 Å². The van der Waals surface area contributed by atoms with E-state index in [0.29, 0.717) is 25.7 Å². The van der Waals surface area contributed by atoms with Gasteiger partial charge in [0.15, 0.2) is 0 Å². The number of ketones is 1. The lowest BCUT2D eigenvalue weighted by molar-refractivity contribution is -0.355. The first-order valence-corrected chi connectivity index (χ1v) is 6.67. The molecule has 0 aromatic rings. The molecule has 0 aromatic heterocycles. The van der Waals surface area contributed by atoms with Gasteiger partial charge < -0.3 is 9.84 Å². The second-order valence-electron chi connectivity index (χ2n) is 5.49. The van der Waals surface area contributed by atoms with Crippen LogP contribution in [0, 0.1) is 5.92 Å². The lowest BCUT2D eigenvalue weighted by Crippen LogP contribution is -2.55. The molecule has 0 amide bonds. The summed E-state index contributed by atoms with van der Waals surface area (Å²) in [5.41, 5.74) is 0. The van der Waals surface area contributed by atoms with Gasteiger partial charge in [0, 0.05) is 25.7 Å². The molecular formula is C13H20F2O3. The first-order valence-electron chi connectivity index (χ1n) is 6.67. The second-order valence-corrected chi connectivity index (χ2v) is 5.49. The summed E-state index contributed by atoms with van der Waals surface area (Å²) in [6.45, 7) is 1.83. The molecular weight excluding hydrogens is 242 g/mol. The van der Waals surface area contributed by atoms with Gasteiger partial charge in [0.2, 0.25) is 5.79 Å². The SMILES string of the molecule is CCCCC(F)(F)[C@@]1(O)CCC2CC(=O)CC2O1. The van der Waals surface area contributed by atoms with Crippen LogP contribution in [0.15, 0.2) is 0 Å². The van der Waals surface area contributed by atoms with Crippen LogP contribution in [0.4, 0.5) is 8.78 Å². The van der Waals surface area contributed by atoms with Crippen molar-refractivity contribution in [1.82, 2.24) is 0 Å². The van der Waals surface area contributed by atoms with Crippen LogP contribution in [-0.4, -0.2) is 28.7 Å². The van der Waals surface area contributed by atoms with Crippen molar-refractivity contribution in [3.05, 3.63) is 0 Å². The van der Waals surface area contributed by atoms with Crippen LogP contribution < -0.4 is 0 Å². The van der Waals surface area contributed by atoms with E-state index < -0.39 is 17.8 Å². The number of hydrogen-bond donors (Lipinski definition) is 1. The highest BCUT2D eigenvalue weighted by Gasteiger charge is 2.58. The molecule has 1 saturated carbocycles. The van der Waals surface area contributed by atoms with E-state index in [9.17, 15) is 18.7 Å². The molecule has 2 rings (SSSR count). The van der Waals surface area contributed by atoms with Gasteiger partial charge in [-0.15, -0.1) is 0 Å². The fourth-order valence-electron chi connectivity index (χ4n) is 2.88. The summed E-state index contributed by atoms with van der Waals surface area (Å²) in [7, 11) is 0. The van der Waals surface area contributed by atoms with E-state index >= 15 is 0 Å². The lowest BCUT2D eigenvalue weighted by atomic mass is 9.88. The molecule has 3 nitrogen and oxygen atoms in total. The van der Waals surface area contributed by atoms with Gasteiger partial charge in [0.05, 0.1) is 6.10 Å². The number of halogens is 2. The number of ether oxygens (including phenoxy) is 1. The van der Waals surface area contributed by atoms with Crippen molar-refractivity contribution in [2.45, 2.75) is 69.7 Å². The fourth-order valence-corrected chi connectivity index (χ4v) is 2.88. The van der Waals surface area contributed by atoms with Gasteiger partial charge in [0.1, 0.15) is 5.78 Å². The molecule has 1 aliphatic carbocycles. The predicted octanol–water partition coefficient (Wildman–Crippen LogP) is 2.66. The Labute approximate surface area is 106 Å². The van der Waals surface area contributed by atoms with Gasteiger partial charge in [-0.1, -0.05) is 13.3 Å². The van der Waals surface area contributed by atoms with E-state index in [1.54, 1.807) is 0 Å². The van der Waals surface area contributed by atoms with Gasteiger partial charge in [-0.3, -0.25) is 4.79 Å². The Kier molecular flexibility index (Phi) is 3.74. The molecule has 0 aromatic carbocycles. The number of rotatable bonds is 4. The minimum atomic E-state index is -3.24. The maximum atomic E-state index is 14.0. The zero-order valence-electron chi connectivity index (χ0n) is 10.6. The van der Waals surface area contributed by atoms with Crippen LogP contribution in [-0.2, 0) is 9.53 Å². The van der Waals surface area contributed by atoms with Gasteiger partial charge in [-0.2, -0.15) is 0 Å². The Hall–Kier alpha value is -0.550. The maximum absolute atomic E-state index is 14.0. The molecule has 5 heteroatoms. The molecule has 1 aliphatic heterocycles. The number of unbranched alkanes of at least 4 members (excludes halogenated alkanes) is 1. The lowest BCUT2D eigenvalue weighted by Gasteiger charge is -2.43. The van der Waals surface area contributed by atoms with Crippen LogP contribution in [0.25, 0.3) is 0 Å². The van der Waals surface area contributed by atoms with Crippen LogP contribution in [0.1, 0.15) is 51.9 Å². The molecule has 1 heterocycles. The first-order chi connectivity index (χ1) is 8.38. The van der Waals surface area contributed by atoms with Crippen LogP contribution >= 0.6 is 0 Å². The Balaban J connectivity index is 2.05. The maximum Gasteiger partial charge on any atom is 0.300 e. The van der Waals surface area contributed by atoms with Crippen molar-refractivity contribution in [3.63, 3.8) is 0 Å². The van der Waals surface area contributed by atoms with Gasteiger partial charge >= 0.3 is 5.92 Å². The first kappa shape index (κ1) is 13.9. The zero-order valence-corrected chi connectivity index (χ0v) is 10.6. The Morgan fingerprint density at radius 2 is 2.22 bits per heavy atom. The number of carbonyl (C=O) groups excluding carboxylic acids is 1. The largest absolute Gasteiger partial charge is 0.361 e. The molecule has 2 fully saturated rings. The van der Waals surface area contributed by atoms with Crippen LogP contribution in [0.3, 0.4) is 0 Å². The molecule has 18 heavy (non-hydrogen) atoms. The summed E-state index contributed by atoms with van der Waals surface area (Å²) in [6.07, 6.45) is 1.03. The minimum Gasteiger partial charge on any atom is -0.361 e. The highest BCUT2D eigenvalue weighted by atomic mass is 19.3. The molecule has 1 saturated heterocycles. The fraction of sp³-hybridized carbons (Fsp3) is 0.923. The molecule has 0 spiro atoms. The monoisotopic (exact) mass is 262 g/mol. The third-order valence-electron chi connectivity index (χ3n) is 4.06. The van der Waals surface area contributed by atoms with Crippen molar-refractivity contribution in [2.75, 3.05) is 0 Å². The molecule has 2 unspecified atom stereocenters. The van der Waals surface area contributed by atoms with Crippen LogP contribution in [0.5, 0.6) is 0 Å². The molecule has 0 bridgehead atoms. The van der Waals surface area contributed by atoms with E-state index in [-0.39, 0.29) is 31.0 Å². The summed E-state index contributed by atoms with van der Waals surface area (Å²) < 4.78 is 33.2. The molecule has 104 valence electrons. The molecule has 2 aliphatic rings. The van der Waals surface area contributed by atoms with Gasteiger partial charge in [0.25, 0.3) is 0 Å². The van der Waals surface area contributed by atoms with Crippen molar-refractivity contribution in [2.24, 2.45) is 5.92 Å². The summed E-state index contributed by atoms with van der Waals surface area (Å²) in [5.74, 6) is -5.56. The summed E-state index contributed by atoms with van der Waals surface area (Å²) in [4.78, 5) is 11.3. The number of carbonyl (C=O) groups is 1. The molecule has 0 radical (unpaired) electrons. The van der Waals surface area contributed by atoms with Gasteiger partial charge in [-0.25, -0.2) is 8.78 Å². The Morgan fingerprint density at radius 3 is 2.89 bits per heavy atom. The van der Waals surface area contributed by atoms with Gasteiger partial charge in [-0.05, 0) is 18.8 Å². The average molecular weight is 262 g/mol. The number of fused-ring (bicyclic) bond motifs is 1. The smallest absolute Gasteiger partial charge is 0.300 e. The predicted molar refractivity (Wildman–Crippen MR) is 61.3 cm³/mol. The topological polar surface area (TPSA) is 46.5 Å². The normalized spacial score (nSPS) is 36.8. The number of aliphatic hydroxyl groups is 1. The van der Waals surface area contributed by atoms with Crippen molar-refractivity contribution in [1.29, 1.82) is 0 Å². The third kappa shape index (κ3) is 2.43. The number of hydrogen-bond acceptors (Lipinski definition) is 3. The van der Waals surface area contributed by atoms with E-state index in [4.69, 9.17) is 4.74 Å². The Morgan fingerprint density at radius 1 is 1.50 bits per heavy atom.